The van der Waals surface area contributed by atoms with Gasteiger partial charge in [0.2, 0.25) is 12.6 Å². The molecule has 3 rings (SSSR count). The Hall–Kier alpha value is -3.86. The van der Waals surface area contributed by atoms with Crippen molar-refractivity contribution in [3.05, 3.63) is 63.2 Å². The lowest BCUT2D eigenvalue weighted by molar-refractivity contribution is -0.385. The first-order chi connectivity index (χ1) is 12.5. The van der Waals surface area contributed by atoms with Crippen LogP contribution in [0.3, 0.4) is 0 Å². The average Bonchev–Trinajstić information content (AvgIpc) is 3.12. The number of Topliss-reactive ketones (excluding diaryl/α,β-unsaturated/α-hetero) is 1. The van der Waals surface area contributed by atoms with Crippen molar-refractivity contribution in [2.45, 2.75) is 0 Å². The zero-order valence-corrected chi connectivity index (χ0v) is 13.6. The molecule has 1 aliphatic heterocycles. The number of nitro groups is 1. The fourth-order valence-corrected chi connectivity index (χ4v) is 2.44. The van der Waals surface area contributed by atoms with Crippen molar-refractivity contribution in [2.75, 3.05) is 13.9 Å². The first-order valence-corrected chi connectivity index (χ1v) is 7.42. The number of carbonyl (C=O) groups is 1. The third-order valence-corrected chi connectivity index (χ3v) is 3.72. The van der Waals surface area contributed by atoms with Crippen molar-refractivity contribution >= 4 is 17.5 Å². The molecular formula is C18H12N2O6. The molecule has 130 valence electrons. The Balaban J connectivity index is 2.05. The summed E-state index contributed by atoms with van der Waals surface area (Å²) in [4.78, 5) is 23.3. The van der Waals surface area contributed by atoms with Crippen molar-refractivity contribution in [1.29, 1.82) is 5.26 Å². The van der Waals surface area contributed by atoms with E-state index in [2.05, 4.69) is 0 Å². The van der Waals surface area contributed by atoms with E-state index in [1.165, 1.54) is 37.5 Å². The fourth-order valence-electron chi connectivity index (χ4n) is 2.44. The van der Waals surface area contributed by atoms with Gasteiger partial charge in [-0.1, -0.05) is 12.1 Å². The molecule has 0 N–H and O–H groups in total. The molecule has 0 saturated heterocycles. The number of hydrogen-bond acceptors (Lipinski definition) is 7. The lowest BCUT2D eigenvalue weighted by Crippen LogP contribution is -2.03. The molecular weight excluding hydrogens is 340 g/mol. The topological polar surface area (TPSA) is 112 Å². The summed E-state index contributed by atoms with van der Waals surface area (Å²) in [5, 5.41) is 20.7. The molecule has 0 saturated carbocycles. The number of benzene rings is 2. The number of methoxy groups -OCH3 is 1. The summed E-state index contributed by atoms with van der Waals surface area (Å²) in [5.74, 6) is 0.444. The molecule has 8 nitrogen and oxygen atoms in total. The highest BCUT2D eigenvalue weighted by molar-refractivity contribution is 6.14. The Morgan fingerprint density at radius 3 is 2.69 bits per heavy atom. The van der Waals surface area contributed by atoms with Gasteiger partial charge in [-0.25, -0.2) is 0 Å². The molecule has 0 bridgehead atoms. The largest absolute Gasteiger partial charge is 0.497 e. The Morgan fingerprint density at radius 2 is 2.04 bits per heavy atom. The van der Waals surface area contributed by atoms with Gasteiger partial charge in [-0.05, 0) is 24.3 Å². The van der Waals surface area contributed by atoms with Gasteiger partial charge in [-0.2, -0.15) is 5.26 Å². The molecule has 0 aromatic heterocycles. The van der Waals surface area contributed by atoms with E-state index in [4.69, 9.17) is 14.2 Å². The lowest BCUT2D eigenvalue weighted by atomic mass is 10.0. The summed E-state index contributed by atoms with van der Waals surface area (Å²) >= 11 is 0. The van der Waals surface area contributed by atoms with E-state index in [0.717, 1.165) is 0 Å². The van der Waals surface area contributed by atoms with Gasteiger partial charge < -0.3 is 14.2 Å². The number of allylic oxidation sites excluding steroid dienone is 1. The number of nitro benzene ring substituents is 1. The molecule has 0 fully saturated rings. The molecule has 0 radical (unpaired) electrons. The van der Waals surface area contributed by atoms with E-state index in [0.29, 0.717) is 11.5 Å². The maximum absolute atomic E-state index is 12.6. The Bertz CT molecular complexity index is 974. The van der Waals surface area contributed by atoms with Crippen molar-refractivity contribution in [3.63, 3.8) is 0 Å². The second-order valence-electron chi connectivity index (χ2n) is 5.25. The average molecular weight is 352 g/mol. The first-order valence-electron chi connectivity index (χ1n) is 7.42. The maximum atomic E-state index is 12.6. The molecule has 8 heteroatoms. The van der Waals surface area contributed by atoms with E-state index in [1.807, 2.05) is 0 Å². The predicted octanol–water partition coefficient (Wildman–Crippen LogP) is 3.12. The van der Waals surface area contributed by atoms with Crippen molar-refractivity contribution in [3.8, 4) is 23.3 Å². The predicted molar refractivity (Wildman–Crippen MR) is 90.1 cm³/mol. The van der Waals surface area contributed by atoms with Gasteiger partial charge in [0.15, 0.2) is 11.5 Å². The SMILES string of the molecule is COc1cccc(C(=O)/C(C#N)=C\c2cc3c(cc2[N+](=O)[O-])OCO3)c1. The van der Waals surface area contributed by atoms with Crippen LogP contribution >= 0.6 is 0 Å². The zero-order valence-electron chi connectivity index (χ0n) is 13.6. The smallest absolute Gasteiger partial charge is 0.280 e. The number of carbonyl (C=O) groups excluding carboxylic acids is 1. The van der Waals surface area contributed by atoms with Crippen LogP contribution in [0.2, 0.25) is 0 Å². The van der Waals surface area contributed by atoms with Crippen molar-refractivity contribution in [1.82, 2.24) is 0 Å². The van der Waals surface area contributed by atoms with Gasteiger partial charge in [-0.15, -0.1) is 0 Å². The number of ketones is 1. The number of nitrogens with zero attached hydrogens (tertiary/aromatic N) is 2. The molecule has 1 aliphatic rings. The quantitative estimate of drug-likeness (QED) is 0.267. The summed E-state index contributed by atoms with van der Waals surface area (Å²) in [5.41, 5.74) is -0.228. The summed E-state index contributed by atoms with van der Waals surface area (Å²) in [6, 6.07) is 10.7. The summed E-state index contributed by atoms with van der Waals surface area (Å²) in [6.07, 6.45) is 1.17. The van der Waals surface area contributed by atoms with Gasteiger partial charge in [0, 0.05) is 5.56 Å². The third-order valence-electron chi connectivity index (χ3n) is 3.72. The van der Waals surface area contributed by atoms with E-state index in [9.17, 15) is 20.2 Å². The van der Waals surface area contributed by atoms with E-state index >= 15 is 0 Å². The van der Waals surface area contributed by atoms with Crippen molar-refractivity contribution < 1.29 is 23.9 Å². The normalized spacial score (nSPS) is 12.4. The van der Waals surface area contributed by atoms with Crippen LogP contribution in [-0.2, 0) is 0 Å². The Morgan fingerprint density at radius 1 is 1.31 bits per heavy atom. The highest BCUT2D eigenvalue weighted by Gasteiger charge is 2.24. The van der Waals surface area contributed by atoms with E-state index in [1.54, 1.807) is 18.2 Å². The van der Waals surface area contributed by atoms with Crippen LogP contribution in [0.15, 0.2) is 42.0 Å². The number of nitriles is 1. The van der Waals surface area contributed by atoms with Crippen LogP contribution in [0, 0.1) is 21.4 Å². The van der Waals surface area contributed by atoms with Crippen LogP contribution in [0.5, 0.6) is 17.2 Å². The van der Waals surface area contributed by atoms with E-state index in [-0.39, 0.29) is 34.9 Å². The minimum Gasteiger partial charge on any atom is -0.497 e. The maximum Gasteiger partial charge on any atom is 0.280 e. The summed E-state index contributed by atoms with van der Waals surface area (Å²) < 4.78 is 15.4. The highest BCUT2D eigenvalue weighted by atomic mass is 16.7. The second kappa shape index (κ2) is 6.94. The highest BCUT2D eigenvalue weighted by Crippen LogP contribution is 2.38. The van der Waals surface area contributed by atoms with Gasteiger partial charge >= 0.3 is 0 Å². The van der Waals surface area contributed by atoms with Gasteiger partial charge in [0.05, 0.1) is 23.7 Å². The monoisotopic (exact) mass is 352 g/mol. The van der Waals surface area contributed by atoms with Gasteiger partial charge in [0.25, 0.3) is 5.69 Å². The fraction of sp³-hybridized carbons (Fsp3) is 0.111. The molecule has 0 unspecified atom stereocenters. The molecule has 2 aromatic carbocycles. The molecule has 1 heterocycles. The zero-order chi connectivity index (χ0) is 18.7. The van der Waals surface area contributed by atoms with Gasteiger partial charge in [0.1, 0.15) is 17.4 Å². The summed E-state index contributed by atoms with van der Waals surface area (Å²) in [6.45, 7) is -0.0481. The molecule has 0 atom stereocenters. The van der Waals surface area contributed by atoms with Crippen LogP contribution in [0.1, 0.15) is 15.9 Å². The minimum absolute atomic E-state index is 0.0481. The molecule has 0 aliphatic carbocycles. The van der Waals surface area contributed by atoms with Crippen LogP contribution in [-0.4, -0.2) is 24.6 Å². The Labute approximate surface area is 148 Å². The number of rotatable bonds is 5. The van der Waals surface area contributed by atoms with Crippen molar-refractivity contribution in [2.24, 2.45) is 0 Å². The first kappa shape index (κ1) is 17.0. The van der Waals surface area contributed by atoms with Gasteiger partial charge in [-0.3, -0.25) is 14.9 Å². The minimum atomic E-state index is -0.612. The number of fused-ring (bicyclic) bond motifs is 1. The Kier molecular flexibility index (Phi) is 4.53. The second-order valence-corrected chi connectivity index (χ2v) is 5.25. The summed E-state index contributed by atoms with van der Waals surface area (Å²) in [7, 11) is 1.46. The number of hydrogen-bond donors (Lipinski definition) is 0. The molecule has 26 heavy (non-hydrogen) atoms. The molecule has 0 spiro atoms. The van der Waals surface area contributed by atoms with E-state index < -0.39 is 10.7 Å². The number of ether oxygens (including phenoxy) is 3. The molecule has 2 aromatic rings. The van der Waals surface area contributed by atoms with Crippen LogP contribution in [0.25, 0.3) is 6.08 Å². The molecule has 0 amide bonds. The van der Waals surface area contributed by atoms with Crippen LogP contribution in [0.4, 0.5) is 5.69 Å². The lowest BCUT2D eigenvalue weighted by Gasteiger charge is -2.04. The standard InChI is InChI=1S/C18H12N2O6/c1-24-14-4-2-3-11(6-14)18(21)13(9-19)5-12-7-16-17(26-10-25-16)8-15(12)20(22)23/h2-8H,10H2,1H3/b13-5-. The van der Waals surface area contributed by atoms with Crippen LogP contribution < -0.4 is 14.2 Å². The third kappa shape index (κ3) is 3.18.